The normalized spacial score (nSPS) is 17.5. The number of nitrogens with one attached hydrogen (secondary N) is 1. The summed E-state index contributed by atoms with van der Waals surface area (Å²) in [6, 6.07) is 6.59. The number of aromatic nitrogens is 1. The Kier molecular flexibility index (Phi) is 4.76. The van der Waals surface area contributed by atoms with Crippen LogP contribution in [0.3, 0.4) is 0 Å². The van der Waals surface area contributed by atoms with Crippen molar-refractivity contribution in [2.75, 3.05) is 6.54 Å². The summed E-state index contributed by atoms with van der Waals surface area (Å²) in [4.78, 5) is 0. The fraction of sp³-hybridized carbons (Fsp3) is 0.556. The average Bonchev–Trinajstić information content (AvgIpc) is 3.09. The van der Waals surface area contributed by atoms with E-state index in [9.17, 15) is 5.11 Å². The topological polar surface area (TPSA) is 37.2 Å². The first-order valence-corrected chi connectivity index (χ1v) is 8.61. The standard InChI is InChI=1S/C18H25ClN2O/c1-12-13(2)21(18-16(12)8-5-9-17(18)19)11-15(22)10-20-14-6-3-4-7-14/h5,8-9,14-15,20,22H,3-4,6-7,10-11H2,1-2H3/t15-/m1/s1. The van der Waals surface area contributed by atoms with E-state index >= 15 is 0 Å². The number of fused-ring (bicyclic) bond motifs is 1. The number of hydrogen-bond donors (Lipinski definition) is 2. The molecule has 1 heterocycles. The Morgan fingerprint density at radius 1 is 1.32 bits per heavy atom. The summed E-state index contributed by atoms with van der Waals surface area (Å²) < 4.78 is 2.16. The fourth-order valence-electron chi connectivity index (χ4n) is 3.59. The molecule has 0 unspecified atom stereocenters. The maximum absolute atomic E-state index is 10.4. The molecule has 1 aromatic carbocycles. The molecule has 1 saturated carbocycles. The summed E-state index contributed by atoms with van der Waals surface area (Å²) in [6.45, 7) is 5.45. The van der Waals surface area contributed by atoms with E-state index < -0.39 is 6.10 Å². The van der Waals surface area contributed by atoms with Gasteiger partial charge in [-0.05, 0) is 38.3 Å². The minimum Gasteiger partial charge on any atom is -0.390 e. The van der Waals surface area contributed by atoms with E-state index in [1.165, 1.54) is 42.3 Å². The van der Waals surface area contributed by atoms with Gasteiger partial charge in [-0.15, -0.1) is 0 Å². The van der Waals surface area contributed by atoms with Crippen LogP contribution in [0.5, 0.6) is 0 Å². The Balaban J connectivity index is 1.76. The summed E-state index contributed by atoms with van der Waals surface area (Å²) in [5.74, 6) is 0. The van der Waals surface area contributed by atoms with Crippen LogP contribution in [-0.4, -0.2) is 28.4 Å². The first-order chi connectivity index (χ1) is 10.6. The zero-order chi connectivity index (χ0) is 15.7. The van der Waals surface area contributed by atoms with Crippen molar-refractivity contribution in [2.45, 2.75) is 58.2 Å². The van der Waals surface area contributed by atoms with Gasteiger partial charge in [0.25, 0.3) is 0 Å². The lowest BCUT2D eigenvalue weighted by molar-refractivity contribution is 0.148. The Morgan fingerprint density at radius 3 is 2.77 bits per heavy atom. The molecule has 2 N–H and O–H groups in total. The average molecular weight is 321 g/mol. The molecule has 1 fully saturated rings. The zero-order valence-electron chi connectivity index (χ0n) is 13.4. The molecule has 0 saturated heterocycles. The van der Waals surface area contributed by atoms with E-state index in [0.29, 0.717) is 19.1 Å². The summed E-state index contributed by atoms with van der Waals surface area (Å²) in [5, 5.41) is 15.9. The van der Waals surface area contributed by atoms with Crippen molar-refractivity contribution < 1.29 is 5.11 Å². The van der Waals surface area contributed by atoms with Gasteiger partial charge in [0.15, 0.2) is 0 Å². The molecular weight excluding hydrogens is 296 g/mol. The zero-order valence-corrected chi connectivity index (χ0v) is 14.2. The molecule has 3 rings (SSSR count). The van der Waals surface area contributed by atoms with Crippen molar-refractivity contribution in [1.29, 1.82) is 0 Å². The van der Waals surface area contributed by atoms with Crippen molar-refractivity contribution in [1.82, 2.24) is 9.88 Å². The van der Waals surface area contributed by atoms with Crippen molar-refractivity contribution in [3.05, 3.63) is 34.5 Å². The van der Waals surface area contributed by atoms with Gasteiger partial charge in [0.05, 0.1) is 23.2 Å². The van der Waals surface area contributed by atoms with Gasteiger partial charge < -0.3 is 15.0 Å². The fourth-order valence-corrected chi connectivity index (χ4v) is 3.87. The van der Waals surface area contributed by atoms with E-state index in [0.717, 1.165) is 10.5 Å². The van der Waals surface area contributed by atoms with Gasteiger partial charge in [-0.2, -0.15) is 0 Å². The van der Waals surface area contributed by atoms with Gasteiger partial charge in [0.1, 0.15) is 0 Å². The Morgan fingerprint density at radius 2 is 2.05 bits per heavy atom. The summed E-state index contributed by atoms with van der Waals surface area (Å²) >= 11 is 6.39. The minimum atomic E-state index is -0.398. The number of halogens is 1. The molecule has 3 nitrogen and oxygen atoms in total. The van der Waals surface area contributed by atoms with Crippen LogP contribution >= 0.6 is 11.6 Å². The number of aliphatic hydroxyl groups excluding tert-OH is 1. The smallest absolute Gasteiger partial charge is 0.0843 e. The third kappa shape index (κ3) is 3.03. The van der Waals surface area contributed by atoms with Crippen LogP contribution in [0.25, 0.3) is 10.9 Å². The van der Waals surface area contributed by atoms with Crippen LogP contribution in [0.15, 0.2) is 18.2 Å². The molecular formula is C18H25ClN2O. The molecule has 0 aliphatic heterocycles. The number of para-hydroxylation sites is 1. The van der Waals surface area contributed by atoms with Gasteiger partial charge in [0, 0.05) is 23.7 Å². The van der Waals surface area contributed by atoms with Crippen molar-refractivity contribution in [3.8, 4) is 0 Å². The van der Waals surface area contributed by atoms with Gasteiger partial charge in [-0.3, -0.25) is 0 Å². The van der Waals surface area contributed by atoms with Gasteiger partial charge in [-0.25, -0.2) is 0 Å². The van der Waals surface area contributed by atoms with Crippen LogP contribution < -0.4 is 5.32 Å². The maximum Gasteiger partial charge on any atom is 0.0843 e. The van der Waals surface area contributed by atoms with Crippen LogP contribution in [0.4, 0.5) is 0 Å². The second kappa shape index (κ2) is 6.61. The first kappa shape index (κ1) is 15.9. The Hall–Kier alpha value is -1.03. The van der Waals surface area contributed by atoms with E-state index in [-0.39, 0.29) is 0 Å². The van der Waals surface area contributed by atoms with E-state index in [1.54, 1.807) is 0 Å². The van der Waals surface area contributed by atoms with Crippen LogP contribution in [0, 0.1) is 13.8 Å². The molecule has 22 heavy (non-hydrogen) atoms. The lowest BCUT2D eigenvalue weighted by atomic mass is 10.2. The van der Waals surface area contributed by atoms with Crippen molar-refractivity contribution in [3.63, 3.8) is 0 Å². The molecule has 0 spiro atoms. The number of hydrogen-bond acceptors (Lipinski definition) is 2. The number of nitrogens with zero attached hydrogens (tertiary/aromatic N) is 1. The quantitative estimate of drug-likeness (QED) is 0.879. The maximum atomic E-state index is 10.4. The summed E-state index contributed by atoms with van der Waals surface area (Å²) in [5.41, 5.74) is 3.47. The molecule has 0 radical (unpaired) electrons. The highest BCUT2D eigenvalue weighted by molar-refractivity contribution is 6.35. The third-order valence-corrected chi connectivity index (χ3v) is 5.30. The van der Waals surface area contributed by atoms with Crippen molar-refractivity contribution >= 4 is 22.5 Å². The molecule has 120 valence electrons. The predicted octanol–water partition coefficient (Wildman–Crippen LogP) is 3.80. The minimum absolute atomic E-state index is 0.398. The number of aliphatic hydroxyl groups is 1. The molecule has 0 bridgehead atoms. The van der Waals surface area contributed by atoms with Gasteiger partial charge in [-0.1, -0.05) is 36.6 Å². The molecule has 1 aromatic heterocycles. The second-order valence-electron chi connectivity index (χ2n) is 6.50. The predicted molar refractivity (Wildman–Crippen MR) is 92.7 cm³/mol. The monoisotopic (exact) mass is 320 g/mol. The highest BCUT2D eigenvalue weighted by Crippen LogP contribution is 2.30. The molecule has 1 aliphatic rings. The largest absolute Gasteiger partial charge is 0.390 e. The first-order valence-electron chi connectivity index (χ1n) is 8.23. The number of benzene rings is 1. The third-order valence-electron chi connectivity index (χ3n) is 5.00. The Labute approximate surface area is 137 Å². The van der Waals surface area contributed by atoms with Crippen LogP contribution in [0.1, 0.15) is 36.9 Å². The summed E-state index contributed by atoms with van der Waals surface area (Å²) in [6.07, 6.45) is 4.70. The second-order valence-corrected chi connectivity index (χ2v) is 6.91. The van der Waals surface area contributed by atoms with E-state index in [4.69, 9.17) is 11.6 Å². The highest BCUT2D eigenvalue weighted by atomic mass is 35.5. The van der Waals surface area contributed by atoms with E-state index in [1.807, 2.05) is 12.1 Å². The summed E-state index contributed by atoms with van der Waals surface area (Å²) in [7, 11) is 0. The molecule has 1 aliphatic carbocycles. The lowest BCUT2D eigenvalue weighted by Crippen LogP contribution is -2.36. The van der Waals surface area contributed by atoms with Gasteiger partial charge in [0.2, 0.25) is 0 Å². The van der Waals surface area contributed by atoms with Crippen LogP contribution in [-0.2, 0) is 6.54 Å². The van der Waals surface area contributed by atoms with Crippen LogP contribution in [0.2, 0.25) is 5.02 Å². The van der Waals surface area contributed by atoms with Crippen molar-refractivity contribution in [2.24, 2.45) is 0 Å². The molecule has 4 heteroatoms. The van der Waals surface area contributed by atoms with E-state index in [2.05, 4.69) is 29.8 Å². The van der Waals surface area contributed by atoms with Gasteiger partial charge >= 0.3 is 0 Å². The number of aryl methyl sites for hydroxylation is 1. The number of rotatable bonds is 5. The lowest BCUT2D eigenvalue weighted by Gasteiger charge is -2.18. The molecule has 2 aromatic rings. The molecule has 1 atom stereocenters. The Bertz CT molecular complexity index is 659. The SMILES string of the molecule is Cc1c(C)n(C[C@H](O)CNC2CCCC2)c2c(Cl)cccc12. The highest BCUT2D eigenvalue weighted by Gasteiger charge is 2.18. The molecule has 0 amide bonds.